The molecule has 4 N–H and O–H groups in total. The maximum atomic E-state index is 12.1. The van der Waals surface area contributed by atoms with E-state index in [4.69, 9.17) is 17.4 Å². The first kappa shape index (κ1) is 14.8. The van der Waals surface area contributed by atoms with E-state index >= 15 is 0 Å². The molecule has 1 heterocycles. The molecule has 2 rings (SSSR count). The van der Waals surface area contributed by atoms with E-state index in [0.29, 0.717) is 22.1 Å². The number of carbonyl (C=O) groups is 1. The lowest BCUT2D eigenvalue weighted by Crippen LogP contribution is -2.14. The largest absolute Gasteiger partial charge is 0.321 e. The molecule has 7 heteroatoms. The molecule has 0 aliphatic carbocycles. The fourth-order valence-corrected chi connectivity index (χ4v) is 2.27. The number of carbonyl (C=O) groups excluding carboxylic acids is 1. The van der Waals surface area contributed by atoms with E-state index in [1.165, 1.54) is 6.20 Å². The van der Waals surface area contributed by atoms with Gasteiger partial charge in [-0.1, -0.05) is 11.6 Å². The third-order valence-electron chi connectivity index (χ3n) is 2.67. The average molecular weight is 356 g/mol. The summed E-state index contributed by atoms with van der Waals surface area (Å²) in [5.41, 5.74) is 4.35. The van der Waals surface area contributed by atoms with Gasteiger partial charge in [0.2, 0.25) is 0 Å². The van der Waals surface area contributed by atoms with Crippen LogP contribution in [0.1, 0.15) is 15.9 Å². The van der Waals surface area contributed by atoms with Crippen molar-refractivity contribution in [2.75, 3.05) is 10.7 Å². The molecule has 0 unspecified atom stereocenters. The van der Waals surface area contributed by atoms with Gasteiger partial charge in [0.25, 0.3) is 5.91 Å². The fraction of sp³-hybridized carbons (Fsp3) is 0.0769. The van der Waals surface area contributed by atoms with Gasteiger partial charge in [0, 0.05) is 15.7 Å². The zero-order chi connectivity index (χ0) is 14.7. The van der Waals surface area contributed by atoms with Crippen molar-refractivity contribution in [2.24, 2.45) is 5.84 Å². The number of nitrogens with one attached hydrogen (secondary N) is 2. The van der Waals surface area contributed by atoms with E-state index in [0.717, 1.165) is 10.0 Å². The number of nitrogens with two attached hydrogens (primary N) is 1. The standard InChI is InChI=1S/C13H12BrClN4O/c1-7-4-9(14)11(5-10(7)15)18-13(20)8-2-3-12(19-16)17-6-8/h2-6H,16H2,1H3,(H,17,19)(H,18,20). The third kappa shape index (κ3) is 3.27. The Kier molecular flexibility index (Phi) is 4.59. The predicted octanol–water partition coefficient (Wildman–Crippen LogP) is 3.34. The highest BCUT2D eigenvalue weighted by atomic mass is 79.9. The Morgan fingerprint density at radius 2 is 2.15 bits per heavy atom. The van der Waals surface area contributed by atoms with Gasteiger partial charge in [-0.3, -0.25) is 4.79 Å². The number of aromatic nitrogens is 1. The second kappa shape index (κ2) is 6.21. The van der Waals surface area contributed by atoms with Gasteiger partial charge in [0.15, 0.2) is 0 Å². The summed E-state index contributed by atoms with van der Waals surface area (Å²) in [6.45, 7) is 1.89. The number of nitrogen functional groups attached to an aromatic ring is 1. The van der Waals surface area contributed by atoms with Gasteiger partial charge in [0.1, 0.15) is 5.82 Å². The third-order valence-corrected chi connectivity index (χ3v) is 3.73. The lowest BCUT2D eigenvalue weighted by molar-refractivity contribution is 0.102. The molecule has 20 heavy (non-hydrogen) atoms. The number of halogens is 2. The van der Waals surface area contributed by atoms with Crippen LogP contribution in [0.4, 0.5) is 11.5 Å². The lowest BCUT2D eigenvalue weighted by atomic mass is 10.2. The Balaban J connectivity index is 2.20. The highest BCUT2D eigenvalue weighted by Gasteiger charge is 2.10. The summed E-state index contributed by atoms with van der Waals surface area (Å²) in [6.07, 6.45) is 1.44. The number of hydrazine groups is 1. The van der Waals surface area contributed by atoms with Crippen LogP contribution in [0.2, 0.25) is 5.02 Å². The number of pyridine rings is 1. The first-order valence-corrected chi connectivity index (χ1v) is 6.88. The predicted molar refractivity (Wildman–Crippen MR) is 83.9 cm³/mol. The SMILES string of the molecule is Cc1cc(Br)c(NC(=O)c2ccc(NN)nc2)cc1Cl. The molecule has 0 saturated carbocycles. The highest BCUT2D eigenvalue weighted by Crippen LogP contribution is 2.29. The summed E-state index contributed by atoms with van der Waals surface area (Å²) in [5, 5.41) is 3.36. The van der Waals surface area contributed by atoms with Crippen LogP contribution in [0.5, 0.6) is 0 Å². The summed E-state index contributed by atoms with van der Waals surface area (Å²) >= 11 is 9.44. The van der Waals surface area contributed by atoms with Crippen molar-refractivity contribution in [2.45, 2.75) is 6.92 Å². The van der Waals surface area contributed by atoms with Crippen LogP contribution in [0.25, 0.3) is 0 Å². The minimum atomic E-state index is -0.276. The molecular weight excluding hydrogens is 344 g/mol. The highest BCUT2D eigenvalue weighted by molar-refractivity contribution is 9.10. The van der Waals surface area contributed by atoms with Crippen LogP contribution in [0.15, 0.2) is 34.9 Å². The zero-order valence-electron chi connectivity index (χ0n) is 10.6. The second-order valence-electron chi connectivity index (χ2n) is 4.11. The molecule has 1 amide bonds. The van der Waals surface area contributed by atoms with E-state index in [1.807, 2.05) is 13.0 Å². The first-order valence-electron chi connectivity index (χ1n) is 5.71. The maximum Gasteiger partial charge on any atom is 0.257 e. The number of rotatable bonds is 3. The van der Waals surface area contributed by atoms with Crippen LogP contribution in [-0.4, -0.2) is 10.9 Å². The van der Waals surface area contributed by atoms with Crippen LogP contribution in [0, 0.1) is 6.92 Å². The molecule has 0 bridgehead atoms. The molecule has 0 saturated heterocycles. The molecule has 0 fully saturated rings. The summed E-state index contributed by atoms with van der Waals surface area (Å²) < 4.78 is 0.765. The van der Waals surface area contributed by atoms with Gasteiger partial charge in [0.05, 0.1) is 11.3 Å². The van der Waals surface area contributed by atoms with E-state index in [1.54, 1.807) is 18.2 Å². The topological polar surface area (TPSA) is 80.0 Å². The minimum absolute atomic E-state index is 0.276. The molecule has 1 aromatic heterocycles. The summed E-state index contributed by atoms with van der Waals surface area (Å²) in [5.74, 6) is 5.43. The monoisotopic (exact) mass is 354 g/mol. The molecular formula is C13H12BrClN4O. The van der Waals surface area contributed by atoms with Crippen LogP contribution in [-0.2, 0) is 0 Å². The van der Waals surface area contributed by atoms with E-state index < -0.39 is 0 Å². The van der Waals surface area contributed by atoms with E-state index in [9.17, 15) is 4.79 Å². The summed E-state index contributed by atoms with van der Waals surface area (Å²) in [6, 6.07) is 6.78. The smallest absolute Gasteiger partial charge is 0.257 e. The molecule has 0 aliphatic rings. The van der Waals surface area contributed by atoms with Crippen LogP contribution < -0.4 is 16.6 Å². The number of hydrogen-bond donors (Lipinski definition) is 3. The van der Waals surface area contributed by atoms with Crippen molar-refractivity contribution < 1.29 is 4.79 Å². The van der Waals surface area contributed by atoms with Gasteiger partial charge in [-0.05, 0) is 52.7 Å². The molecule has 1 aromatic carbocycles. The number of anilines is 2. The number of aryl methyl sites for hydroxylation is 1. The Hall–Kier alpha value is -1.63. The molecule has 0 radical (unpaired) electrons. The summed E-state index contributed by atoms with van der Waals surface area (Å²) in [7, 11) is 0. The van der Waals surface area contributed by atoms with Gasteiger partial charge >= 0.3 is 0 Å². The van der Waals surface area contributed by atoms with Crippen molar-refractivity contribution in [1.82, 2.24) is 4.98 Å². The maximum absolute atomic E-state index is 12.1. The molecule has 5 nitrogen and oxygen atoms in total. The van der Waals surface area contributed by atoms with Crippen LogP contribution in [0.3, 0.4) is 0 Å². The number of hydrogen-bond acceptors (Lipinski definition) is 4. The lowest BCUT2D eigenvalue weighted by Gasteiger charge is -2.09. The van der Waals surface area contributed by atoms with Crippen molar-refractivity contribution in [1.29, 1.82) is 0 Å². The molecule has 0 aliphatic heterocycles. The zero-order valence-corrected chi connectivity index (χ0v) is 12.9. The second-order valence-corrected chi connectivity index (χ2v) is 5.37. The van der Waals surface area contributed by atoms with Crippen molar-refractivity contribution in [3.8, 4) is 0 Å². The Labute approximate surface area is 129 Å². The van der Waals surface area contributed by atoms with Crippen molar-refractivity contribution >= 4 is 44.9 Å². The van der Waals surface area contributed by atoms with E-state index in [2.05, 4.69) is 31.7 Å². The van der Waals surface area contributed by atoms with Gasteiger partial charge in [-0.2, -0.15) is 0 Å². The Morgan fingerprint density at radius 3 is 2.75 bits per heavy atom. The Morgan fingerprint density at radius 1 is 1.40 bits per heavy atom. The van der Waals surface area contributed by atoms with Crippen molar-refractivity contribution in [3.05, 3.63) is 51.1 Å². The first-order chi connectivity index (χ1) is 9.51. The normalized spacial score (nSPS) is 10.2. The van der Waals surface area contributed by atoms with Gasteiger partial charge < -0.3 is 10.7 Å². The Bertz CT molecular complexity index is 646. The molecule has 0 atom stereocenters. The molecule has 104 valence electrons. The van der Waals surface area contributed by atoms with Crippen molar-refractivity contribution in [3.63, 3.8) is 0 Å². The van der Waals surface area contributed by atoms with E-state index in [-0.39, 0.29) is 5.91 Å². The molecule has 2 aromatic rings. The number of benzene rings is 1. The average Bonchev–Trinajstić information content (AvgIpc) is 2.44. The number of amides is 1. The summed E-state index contributed by atoms with van der Waals surface area (Å²) in [4.78, 5) is 16.1. The minimum Gasteiger partial charge on any atom is -0.321 e. The van der Waals surface area contributed by atoms with Crippen LogP contribution >= 0.6 is 27.5 Å². The van der Waals surface area contributed by atoms with Gasteiger partial charge in [-0.25, -0.2) is 10.8 Å². The molecule has 0 spiro atoms. The quantitative estimate of drug-likeness (QED) is 0.583. The number of nitrogens with zero attached hydrogens (tertiary/aromatic N) is 1. The van der Waals surface area contributed by atoms with Gasteiger partial charge in [-0.15, -0.1) is 0 Å². The fourth-order valence-electron chi connectivity index (χ4n) is 1.55.